The molecule has 0 heterocycles. The molecule has 2 nitrogen and oxygen atoms in total. The van der Waals surface area contributed by atoms with E-state index in [-0.39, 0.29) is 11.7 Å². The zero-order valence-corrected chi connectivity index (χ0v) is 9.05. The first-order valence-corrected chi connectivity index (χ1v) is 5.14. The molecule has 1 rings (SSSR count). The van der Waals surface area contributed by atoms with Crippen molar-refractivity contribution in [3.05, 3.63) is 34.9 Å². The summed E-state index contributed by atoms with van der Waals surface area (Å²) in [6.07, 6.45) is 0.436. The SMILES string of the molecule is N[C@H](Cc1ccccc1Cl)C(=O)CCl. The average molecular weight is 232 g/mol. The number of nitrogens with two attached hydrogens (primary N) is 1. The minimum absolute atomic E-state index is 0.0500. The second-order valence-electron chi connectivity index (χ2n) is 3.00. The maximum atomic E-state index is 11.1. The van der Waals surface area contributed by atoms with Gasteiger partial charge in [0.2, 0.25) is 0 Å². The van der Waals surface area contributed by atoms with Crippen LogP contribution in [-0.4, -0.2) is 17.7 Å². The molecule has 14 heavy (non-hydrogen) atoms. The van der Waals surface area contributed by atoms with E-state index in [1.54, 1.807) is 6.07 Å². The topological polar surface area (TPSA) is 43.1 Å². The number of halogens is 2. The molecule has 1 atom stereocenters. The maximum Gasteiger partial charge on any atom is 0.164 e. The van der Waals surface area contributed by atoms with Crippen LogP contribution in [0.3, 0.4) is 0 Å². The van der Waals surface area contributed by atoms with Gasteiger partial charge in [0.15, 0.2) is 5.78 Å². The number of hydrogen-bond acceptors (Lipinski definition) is 2. The van der Waals surface area contributed by atoms with Gasteiger partial charge in [-0.1, -0.05) is 29.8 Å². The number of carbonyl (C=O) groups excluding carboxylic acids is 1. The molecule has 1 aromatic rings. The van der Waals surface area contributed by atoms with Crippen LogP contribution in [0.5, 0.6) is 0 Å². The van der Waals surface area contributed by atoms with E-state index in [2.05, 4.69) is 0 Å². The van der Waals surface area contributed by atoms with E-state index < -0.39 is 6.04 Å². The van der Waals surface area contributed by atoms with Gasteiger partial charge in [0.1, 0.15) is 0 Å². The van der Waals surface area contributed by atoms with Gasteiger partial charge >= 0.3 is 0 Å². The Bertz CT molecular complexity index is 328. The molecule has 0 saturated carbocycles. The molecule has 4 heteroatoms. The molecule has 0 fully saturated rings. The van der Waals surface area contributed by atoms with E-state index in [9.17, 15) is 4.79 Å². The van der Waals surface area contributed by atoms with Gasteiger partial charge in [-0.15, -0.1) is 11.6 Å². The number of Topliss-reactive ketones (excluding diaryl/α,β-unsaturated/α-hetero) is 1. The Morgan fingerprint density at radius 2 is 2.07 bits per heavy atom. The molecule has 0 amide bonds. The molecular weight excluding hydrogens is 221 g/mol. The van der Waals surface area contributed by atoms with Crippen LogP contribution in [0.2, 0.25) is 5.02 Å². The molecule has 0 bridgehead atoms. The first-order valence-electron chi connectivity index (χ1n) is 4.23. The summed E-state index contributed by atoms with van der Waals surface area (Å²) in [5.74, 6) is -0.211. The Morgan fingerprint density at radius 1 is 1.43 bits per heavy atom. The van der Waals surface area contributed by atoms with Crippen molar-refractivity contribution in [2.45, 2.75) is 12.5 Å². The third-order valence-corrected chi connectivity index (χ3v) is 2.58. The van der Waals surface area contributed by atoms with Crippen molar-refractivity contribution in [2.75, 3.05) is 5.88 Å². The molecule has 0 saturated heterocycles. The average Bonchev–Trinajstić information content (AvgIpc) is 2.20. The number of carbonyl (C=O) groups is 1. The minimum Gasteiger partial charge on any atom is -0.321 e. The molecule has 0 aromatic heterocycles. The largest absolute Gasteiger partial charge is 0.321 e. The molecule has 1 aromatic carbocycles. The second-order valence-corrected chi connectivity index (χ2v) is 3.68. The van der Waals surface area contributed by atoms with Gasteiger partial charge in [-0.2, -0.15) is 0 Å². The molecule has 0 radical (unpaired) electrons. The van der Waals surface area contributed by atoms with Gasteiger partial charge in [0.05, 0.1) is 11.9 Å². The Morgan fingerprint density at radius 3 is 2.64 bits per heavy atom. The summed E-state index contributed by atoms with van der Waals surface area (Å²) in [7, 11) is 0. The highest BCUT2D eigenvalue weighted by Gasteiger charge is 2.13. The number of hydrogen-bond donors (Lipinski definition) is 1. The molecule has 0 aliphatic heterocycles. The van der Waals surface area contributed by atoms with Crippen LogP contribution in [0.1, 0.15) is 5.56 Å². The highest BCUT2D eigenvalue weighted by molar-refractivity contribution is 6.31. The Kier molecular flexibility index (Phi) is 4.39. The maximum absolute atomic E-state index is 11.1. The molecule has 0 spiro atoms. The summed E-state index contributed by atoms with van der Waals surface area (Å²) in [6.45, 7) is 0. The first-order chi connectivity index (χ1) is 6.65. The lowest BCUT2D eigenvalue weighted by Gasteiger charge is -2.09. The third kappa shape index (κ3) is 2.98. The Balaban J connectivity index is 2.69. The van der Waals surface area contributed by atoms with Crippen molar-refractivity contribution in [3.8, 4) is 0 Å². The van der Waals surface area contributed by atoms with Crippen molar-refractivity contribution in [2.24, 2.45) is 5.73 Å². The van der Waals surface area contributed by atoms with Gasteiger partial charge in [0, 0.05) is 5.02 Å². The first kappa shape index (κ1) is 11.5. The summed E-state index contributed by atoms with van der Waals surface area (Å²) in [5.41, 5.74) is 6.51. The van der Waals surface area contributed by atoms with E-state index in [0.29, 0.717) is 11.4 Å². The lowest BCUT2D eigenvalue weighted by atomic mass is 10.0. The van der Waals surface area contributed by atoms with Gasteiger partial charge in [-0.05, 0) is 18.1 Å². The normalized spacial score (nSPS) is 12.5. The van der Waals surface area contributed by atoms with Gasteiger partial charge in [0.25, 0.3) is 0 Å². The van der Waals surface area contributed by atoms with Gasteiger partial charge in [-0.3, -0.25) is 4.79 Å². The van der Waals surface area contributed by atoms with E-state index in [4.69, 9.17) is 28.9 Å². The zero-order valence-electron chi connectivity index (χ0n) is 7.54. The molecule has 2 N–H and O–H groups in total. The van der Waals surface area contributed by atoms with Crippen LogP contribution in [-0.2, 0) is 11.2 Å². The van der Waals surface area contributed by atoms with Crippen molar-refractivity contribution < 1.29 is 4.79 Å². The lowest BCUT2D eigenvalue weighted by Crippen LogP contribution is -2.33. The van der Waals surface area contributed by atoms with Crippen molar-refractivity contribution in [3.63, 3.8) is 0 Å². The highest BCUT2D eigenvalue weighted by Crippen LogP contribution is 2.16. The number of benzene rings is 1. The fourth-order valence-electron chi connectivity index (χ4n) is 1.11. The van der Waals surface area contributed by atoms with Crippen molar-refractivity contribution >= 4 is 29.0 Å². The predicted octanol–water partition coefficient (Wildman–Crippen LogP) is 2.02. The summed E-state index contributed by atoms with van der Waals surface area (Å²) < 4.78 is 0. The second kappa shape index (κ2) is 5.35. The molecular formula is C10H11Cl2NO. The van der Waals surface area contributed by atoms with Crippen LogP contribution in [0.15, 0.2) is 24.3 Å². The molecule has 0 aliphatic carbocycles. The monoisotopic (exact) mass is 231 g/mol. The molecule has 76 valence electrons. The smallest absolute Gasteiger partial charge is 0.164 e. The van der Waals surface area contributed by atoms with E-state index >= 15 is 0 Å². The number of rotatable bonds is 4. The van der Waals surface area contributed by atoms with Crippen LogP contribution in [0.25, 0.3) is 0 Å². The predicted molar refractivity (Wildman–Crippen MR) is 58.9 cm³/mol. The minimum atomic E-state index is -0.563. The fraction of sp³-hybridized carbons (Fsp3) is 0.300. The van der Waals surface area contributed by atoms with Gasteiger partial charge in [-0.25, -0.2) is 0 Å². The molecule has 0 unspecified atom stereocenters. The zero-order chi connectivity index (χ0) is 10.6. The van der Waals surface area contributed by atoms with Crippen molar-refractivity contribution in [1.82, 2.24) is 0 Å². The molecule has 0 aliphatic rings. The summed E-state index contributed by atoms with van der Waals surface area (Å²) in [4.78, 5) is 11.1. The van der Waals surface area contributed by atoms with Crippen LogP contribution in [0.4, 0.5) is 0 Å². The van der Waals surface area contributed by atoms with Crippen LogP contribution in [0, 0.1) is 0 Å². The summed E-state index contributed by atoms with van der Waals surface area (Å²) in [5, 5.41) is 0.630. The van der Waals surface area contributed by atoms with E-state index in [1.807, 2.05) is 18.2 Å². The van der Waals surface area contributed by atoms with E-state index in [0.717, 1.165) is 5.56 Å². The third-order valence-electron chi connectivity index (χ3n) is 1.94. The van der Waals surface area contributed by atoms with Crippen molar-refractivity contribution in [1.29, 1.82) is 0 Å². The standard InChI is InChI=1S/C10H11Cl2NO/c11-6-10(14)9(13)5-7-3-1-2-4-8(7)12/h1-4,9H,5-6,13H2/t9-/m1/s1. The Hall–Kier alpha value is -0.570. The number of alkyl halides is 1. The summed E-state index contributed by atoms with van der Waals surface area (Å²) in [6, 6.07) is 6.76. The fourth-order valence-corrected chi connectivity index (χ4v) is 1.52. The summed E-state index contributed by atoms with van der Waals surface area (Å²) >= 11 is 11.3. The van der Waals surface area contributed by atoms with E-state index in [1.165, 1.54) is 0 Å². The van der Waals surface area contributed by atoms with Crippen LogP contribution < -0.4 is 5.73 Å². The highest BCUT2D eigenvalue weighted by atomic mass is 35.5. The Labute approximate surface area is 93.0 Å². The number of ketones is 1. The lowest BCUT2D eigenvalue weighted by molar-refractivity contribution is -0.117. The quantitative estimate of drug-likeness (QED) is 0.807. The van der Waals surface area contributed by atoms with Crippen LogP contribution >= 0.6 is 23.2 Å². The van der Waals surface area contributed by atoms with Gasteiger partial charge < -0.3 is 5.73 Å².